The molecule has 1 aromatic heterocycles. The molecule has 1 aromatic rings. The van der Waals surface area contributed by atoms with E-state index in [-0.39, 0.29) is 5.41 Å². The predicted octanol–water partition coefficient (Wildman–Crippen LogP) is 2.84. The first-order chi connectivity index (χ1) is 8.24. The van der Waals surface area contributed by atoms with E-state index in [1.54, 1.807) is 18.5 Å². The molecule has 2 rings (SSSR count). The Morgan fingerprint density at radius 2 is 2.18 bits per heavy atom. The molecule has 0 spiro atoms. The molecule has 94 valence electrons. The molecule has 5 heteroatoms. The SMILES string of the molecule is SCC1(COc2cncc(Cl)c2)CCOCC1. The van der Waals surface area contributed by atoms with Crippen molar-refractivity contribution in [2.24, 2.45) is 5.41 Å². The summed E-state index contributed by atoms with van der Waals surface area (Å²) in [4.78, 5) is 4.00. The average molecular weight is 274 g/mol. The maximum Gasteiger partial charge on any atom is 0.139 e. The van der Waals surface area contributed by atoms with Crippen LogP contribution in [0, 0.1) is 5.41 Å². The van der Waals surface area contributed by atoms with Crippen LogP contribution in [0.1, 0.15) is 12.8 Å². The van der Waals surface area contributed by atoms with E-state index < -0.39 is 0 Å². The molecule has 0 aliphatic carbocycles. The van der Waals surface area contributed by atoms with Crippen molar-refractivity contribution >= 4 is 24.2 Å². The van der Waals surface area contributed by atoms with Gasteiger partial charge in [0.1, 0.15) is 5.75 Å². The lowest BCUT2D eigenvalue weighted by Crippen LogP contribution is -2.36. The third-order valence-electron chi connectivity index (χ3n) is 3.11. The van der Waals surface area contributed by atoms with Gasteiger partial charge in [0.15, 0.2) is 0 Å². The zero-order valence-electron chi connectivity index (χ0n) is 9.56. The van der Waals surface area contributed by atoms with Gasteiger partial charge in [-0.05, 0) is 18.6 Å². The fourth-order valence-corrected chi connectivity index (χ4v) is 2.43. The molecule has 1 aliphatic heterocycles. The van der Waals surface area contributed by atoms with E-state index in [2.05, 4.69) is 17.6 Å². The van der Waals surface area contributed by atoms with Crippen molar-refractivity contribution in [3.63, 3.8) is 0 Å². The smallest absolute Gasteiger partial charge is 0.139 e. The first-order valence-electron chi connectivity index (χ1n) is 5.66. The van der Waals surface area contributed by atoms with E-state index in [0.29, 0.717) is 17.4 Å². The van der Waals surface area contributed by atoms with Crippen molar-refractivity contribution in [1.29, 1.82) is 0 Å². The Hall–Kier alpha value is -0.450. The predicted molar refractivity (Wildman–Crippen MR) is 71.1 cm³/mol. The molecule has 0 radical (unpaired) electrons. The van der Waals surface area contributed by atoms with E-state index in [9.17, 15) is 0 Å². The quantitative estimate of drug-likeness (QED) is 0.856. The fraction of sp³-hybridized carbons (Fsp3) is 0.583. The van der Waals surface area contributed by atoms with Crippen LogP contribution in [0.5, 0.6) is 5.75 Å². The summed E-state index contributed by atoms with van der Waals surface area (Å²) in [7, 11) is 0. The maximum absolute atomic E-state index is 5.86. The molecular weight excluding hydrogens is 258 g/mol. The first kappa shape index (κ1) is 13.0. The molecule has 1 fully saturated rings. The molecule has 3 nitrogen and oxygen atoms in total. The normalized spacial score (nSPS) is 18.9. The van der Waals surface area contributed by atoms with Crippen LogP contribution < -0.4 is 4.74 Å². The van der Waals surface area contributed by atoms with Gasteiger partial charge in [0, 0.05) is 30.9 Å². The van der Waals surface area contributed by atoms with Gasteiger partial charge in [0.25, 0.3) is 0 Å². The highest BCUT2D eigenvalue weighted by Crippen LogP contribution is 2.32. The summed E-state index contributed by atoms with van der Waals surface area (Å²) >= 11 is 10.3. The van der Waals surface area contributed by atoms with Crippen LogP contribution in [-0.2, 0) is 4.74 Å². The minimum atomic E-state index is 0.115. The van der Waals surface area contributed by atoms with Gasteiger partial charge in [-0.2, -0.15) is 12.6 Å². The zero-order valence-corrected chi connectivity index (χ0v) is 11.2. The van der Waals surface area contributed by atoms with E-state index >= 15 is 0 Å². The second kappa shape index (κ2) is 5.94. The van der Waals surface area contributed by atoms with Crippen LogP contribution in [0.25, 0.3) is 0 Å². The molecule has 0 atom stereocenters. The van der Waals surface area contributed by atoms with Crippen LogP contribution in [0.3, 0.4) is 0 Å². The van der Waals surface area contributed by atoms with Gasteiger partial charge >= 0.3 is 0 Å². The summed E-state index contributed by atoms with van der Waals surface area (Å²) in [6, 6.07) is 1.78. The Morgan fingerprint density at radius 1 is 1.41 bits per heavy atom. The van der Waals surface area contributed by atoms with Crippen molar-refractivity contribution in [3.8, 4) is 5.75 Å². The van der Waals surface area contributed by atoms with Gasteiger partial charge in [-0.25, -0.2) is 0 Å². The van der Waals surface area contributed by atoms with E-state index in [1.807, 2.05) is 0 Å². The molecule has 0 amide bonds. The van der Waals surface area contributed by atoms with E-state index in [0.717, 1.165) is 31.8 Å². The number of pyridine rings is 1. The Balaban J connectivity index is 1.95. The highest BCUT2D eigenvalue weighted by atomic mass is 35.5. The molecule has 0 bridgehead atoms. The second-order valence-electron chi connectivity index (χ2n) is 4.40. The molecule has 0 saturated carbocycles. The summed E-state index contributed by atoms with van der Waals surface area (Å²) in [5, 5.41) is 0.592. The summed E-state index contributed by atoms with van der Waals surface area (Å²) in [5.74, 6) is 1.52. The lowest BCUT2D eigenvalue weighted by Gasteiger charge is -2.35. The minimum absolute atomic E-state index is 0.115. The van der Waals surface area contributed by atoms with Crippen LogP contribution >= 0.6 is 24.2 Å². The van der Waals surface area contributed by atoms with Crippen molar-refractivity contribution in [1.82, 2.24) is 4.98 Å². The van der Waals surface area contributed by atoms with Crippen molar-refractivity contribution in [2.45, 2.75) is 12.8 Å². The number of ether oxygens (including phenoxy) is 2. The lowest BCUT2D eigenvalue weighted by atomic mass is 9.83. The number of aromatic nitrogens is 1. The van der Waals surface area contributed by atoms with Gasteiger partial charge < -0.3 is 9.47 Å². The third kappa shape index (κ3) is 3.50. The molecule has 1 aliphatic rings. The lowest BCUT2D eigenvalue weighted by molar-refractivity contribution is 0.00305. The molecule has 1 saturated heterocycles. The minimum Gasteiger partial charge on any atom is -0.491 e. The highest BCUT2D eigenvalue weighted by Gasteiger charge is 2.32. The van der Waals surface area contributed by atoms with Crippen LogP contribution in [0.4, 0.5) is 0 Å². The van der Waals surface area contributed by atoms with Crippen molar-refractivity contribution in [2.75, 3.05) is 25.6 Å². The maximum atomic E-state index is 5.86. The summed E-state index contributed by atoms with van der Waals surface area (Å²) < 4.78 is 11.1. The number of thiol groups is 1. The van der Waals surface area contributed by atoms with Gasteiger partial charge in [0.05, 0.1) is 17.8 Å². The van der Waals surface area contributed by atoms with Gasteiger partial charge in [-0.1, -0.05) is 11.6 Å². The topological polar surface area (TPSA) is 31.4 Å². The number of rotatable bonds is 4. The average Bonchev–Trinajstić information content (AvgIpc) is 2.38. The van der Waals surface area contributed by atoms with Gasteiger partial charge in [-0.15, -0.1) is 0 Å². The second-order valence-corrected chi connectivity index (χ2v) is 5.15. The zero-order chi connectivity index (χ0) is 12.1. The van der Waals surface area contributed by atoms with Gasteiger partial charge in [0.2, 0.25) is 0 Å². The monoisotopic (exact) mass is 273 g/mol. The van der Waals surface area contributed by atoms with Crippen molar-refractivity contribution in [3.05, 3.63) is 23.5 Å². The van der Waals surface area contributed by atoms with E-state index in [4.69, 9.17) is 21.1 Å². The number of hydrogen-bond donors (Lipinski definition) is 1. The fourth-order valence-electron chi connectivity index (χ4n) is 1.86. The molecule has 2 heterocycles. The van der Waals surface area contributed by atoms with Crippen molar-refractivity contribution < 1.29 is 9.47 Å². The molecule has 0 aromatic carbocycles. The Bertz CT molecular complexity index is 369. The Morgan fingerprint density at radius 3 is 2.82 bits per heavy atom. The summed E-state index contributed by atoms with van der Waals surface area (Å²) in [6.45, 7) is 2.22. The Labute approximate surface area is 112 Å². The highest BCUT2D eigenvalue weighted by molar-refractivity contribution is 7.80. The van der Waals surface area contributed by atoms with Crippen LogP contribution in [-0.4, -0.2) is 30.6 Å². The first-order valence-corrected chi connectivity index (χ1v) is 6.67. The standard InChI is InChI=1S/C12H16ClNO2S/c13-10-5-11(7-14-6-10)16-8-12(9-17)1-3-15-4-2-12/h5-7,17H,1-4,8-9H2. The number of nitrogens with zero attached hydrogens (tertiary/aromatic N) is 1. The van der Waals surface area contributed by atoms with Gasteiger partial charge in [-0.3, -0.25) is 4.98 Å². The summed E-state index contributed by atoms with van der Waals surface area (Å²) in [5.41, 5.74) is 0.115. The molecule has 0 N–H and O–H groups in total. The number of halogens is 1. The van der Waals surface area contributed by atoms with Crippen LogP contribution in [0.15, 0.2) is 18.5 Å². The summed E-state index contributed by atoms with van der Waals surface area (Å²) in [6.07, 6.45) is 5.25. The molecule has 0 unspecified atom stereocenters. The number of hydrogen-bond acceptors (Lipinski definition) is 4. The van der Waals surface area contributed by atoms with Crippen LogP contribution in [0.2, 0.25) is 5.02 Å². The molecular formula is C12H16ClNO2S. The van der Waals surface area contributed by atoms with E-state index in [1.165, 1.54) is 0 Å². The Kier molecular flexibility index (Phi) is 4.54. The molecule has 17 heavy (non-hydrogen) atoms. The third-order valence-corrected chi connectivity index (χ3v) is 3.99. The largest absolute Gasteiger partial charge is 0.491 e.